The number of nitrogens with zero attached hydrogens (tertiary/aromatic N) is 2. The van der Waals surface area contributed by atoms with E-state index in [2.05, 4.69) is 17.0 Å². The third-order valence-electron chi connectivity index (χ3n) is 2.67. The minimum Gasteiger partial charge on any atom is -0.392 e. The predicted molar refractivity (Wildman–Crippen MR) is 71.5 cm³/mol. The summed E-state index contributed by atoms with van der Waals surface area (Å²) in [6.45, 7) is 5.26. The standard InChI is InChI=1S/C14H17N3O/c1-2-17-10-14(9-16-17)8-15-7-12-4-3-5-13(6-12)11-18/h2-6,9-10,15,18H,1,7-8,11H2. The molecule has 0 aliphatic rings. The largest absolute Gasteiger partial charge is 0.392 e. The number of hydrogen-bond donors (Lipinski definition) is 2. The number of hydrogen-bond acceptors (Lipinski definition) is 3. The molecule has 0 amide bonds. The monoisotopic (exact) mass is 243 g/mol. The molecular formula is C14H17N3O. The second-order valence-electron chi connectivity index (χ2n) is 4.09. The van der Waals surface area contributed by atoms with Gasteiger partial charge in [-0.2, -0.15) is 5.10 Å². The third kappa shape index (κ3) is 3.29. The predicted octanol–water partition coefficient (Wildman–Crippen LogP) is 1.77. The summed E-state index contributed by atoms with van der Waals surface area (Å²) in [6.07, 6.45) is 5.41. The van der Waals surface area contributed by atoms with Crippen LogP contribution in [0.5, 0.6) is 0 Å². The van der Waals surface area contributed by atoms with Gasteiger partial charge < -0.3 is 10.4 Å². The lowest BCUT2D eigenvalue weighted by molar-refractivity contribution is 0.281. The molecule has 4 nitrogen and oxygen atoms in total. The van der Waals surface area contributed by atoms with Gasteiger partial charge in [0, 0.05) is 31.0 Å². The van der Waals surface area contributed by atoms with E-state index in [0.717, 1.165) is 29.8 Å². The van der Waals surface area contributed by atoms with Crippen LogP contribution in [0.15, 0.2) is 43.2 Å². The van der Waals surface area contributed by atoms with Crippen LogP contribution in [-0.2, 0) is 19.7 Å². The maximum Gasteiger partial charge on any atom is 0.0681 e. The Morgan fingerprint density at radius 1 is 1.28 bits per heavy atom. The minimum atomic E-state index is 0.0833. The van der Waals surface area contributed by atoms with Crippen LogP contribution in [-0.4, -0.2) is 14.9 Å². The van der Waals surface area contributed by atoms with Crippen molar-refractivity contribution in [3.8, 4) is 0 Å². The molecule has 1 aromatic carbocycles. The van der Waals surface area contributed by atoms with Crippen LogP contribution in [0, 0.1) is 0 Å². The summed E-state index contributed by atoms with van der Waals surface area (Å²) in [5.41, 5.74) is 3.22. The van der Waals surface area contributed by atoms with E-state index < -0.39 is 0 Å². The highest BCUT2D eigenvalue weighted by Crippen LogP contribution is 2.05. The second kappa shape index (κ2) is 6.14. The van der Waals surface area contributed by atoms with Crippen molar-refractivity contribution in [3.05, 3.63) is 59.9 Å². The van der Waals surface area contributed by atoms with E-state index in [1.807, 2.05) is 36.7 Å². The van der Waals surface area contributed by atoms with Gasteiger partial charge in [0.2, 0.25) is 0 Å². The lowest BCUT2D eigenvalue weighted by atomic mass is 10.1. The fraction of sp³-hybridized carbons (Fsp3) is 0.214. The van der Waals surface area contributed by atoms with Crippen molar-refractivity contribution in [1.29, 1.82) is 0 Å². The lowest BCUT2D eigenvalue weighted by Gasteiger charge is -2.04. The maximum absolute atomic E-state index is 9.05. The van der Waals surface area contributed by atoms with Gasteiger partial charge in [-0.1, -0.05) is 30.8 Å². The Balaban J connectivity index is 1.85. The molecule has 0 fully saturated rings. The zero-order valence-corrected chi connectivity index (χ0v) is 10.2. The summed E-state index contributed by atoms with van der Waals surface area (Å²) in [5, 5.41) is 16.5. The van der Waals surface area contributed by atoms with Gasteiger partial charge in [-0.25, -0.2) is 4.68 Å². The molecule has 0 saturated carbocycles. The molecule has 0 radical (unpaired) electrons. The molecule has 0 aliphatic heterocycles. The van der Waals surface area contributed by atoms with Crippen molar-refractivity contribution in [2.75, 3.05) is 0 Å². The van der Waals surface area contributed by atoms with Gasteiger partial charge in [0.1, 0.15) is 0 Å². The highest BCUT2D eigenvalue weighted by atomic mass is 16.3. The van der Waals surface area contributed by atoms with E-state index in [-0.39, 0.29) is 6.61 Å². The van der Waals surface area contributed by atoms with Crippen molar-refractivity contribution in [3.63, 3.8) is 0 Å². The zero-order valence-electron chi connectivity index (χ0n) is 10.2. The average molecular weight is 243 g/mol. The maximum atomic E-state index is 9.05. The number of aromatic nitrogens is 2. The van der Waals surface area contributed by atoms with E-state index in [1.165, 1.54) is 0 Å². The molecule has 0 bridgehead atoms. The molecule has 0 aliphatic carbocycles. The fourth-order valence-electron chi connectivity index (χ4n) is 1.76. The fourth-order valence-corrected chi connectivity index (χ4v) is 1.76. The van der Waals surface area contributed by atoms with Crippen LogP contribution in [0.1, 0.15) is 16.7 Å². The van der Waals surface area contributed by atoms with E-state index >= 15 is 0 Å². The Morgan fingerprint density at radius 3 is 2.78 bits per heavy atom. The van der Waals surface area contributed by atoms with Crippen molar-refractivity contribution in [2.45, 2.75) is 19.7 Å². The zero-order chi connectivity index (χ0) is 12.8. The summed E-state index contributed by atoms with van der Waals surface area (Å²) in [7, 11) is 0. The average Bonchev–Trinajstić information content (AvgIpc) is 2.87. The molecular weight excluding hydrogens is 226 g/mol. The van der Waals surface area contributed by atoms with Crippen LogP contribution in [0.3, 0.4) is 0 Å². The molecule has 0 saturated heterocycles. The van der Waals surface area contributed by atoms with E-state index in [0.29, 0.717) is 0 Å². The number of aliphatic hydroxyl groups excluding tert-OH is 1. The van der Waals surface area contributed by atoms with Gasteiger partial charge >= 0.3 is 0 Å². The summed E-state index contributed by atoms with van der Waals surface area (Å²) in [5.74, 6) is 0. The summed E-state index contributed by atoms with van der Waals surface area (Å²) in [6, 6.07) is 7.91. The molecule has 4 heteroatoms. The first-order valence-corrected chi connectivity index (χ1v) is 5.87. The highest BCUT2D eigenvalue weighted by molar-refractivity contribution is 5.23. The van der Waals surface area contributed by atoms with Crippen LogP contribution < -0.4 is 5.32 Å². The van der Waals surface area contributed by atoms with Gasteiger partial charge in [0.05, 0.1) is 12.8 Å². The first-order chi connectivity index (χ1) is 8.81. The molecule has 2 N–H and O–H groups in total. The molecule has 18 heavy (non-hydrogen) atoms. The van der Waals surface area contributed by atoms with Gasteiger partial charge in [-0.3, -0.25) is 0 Å². The molecule has 2 aromatic rings. The Morgan fingerprint density at radius 2 is 2.06 bits per heavy atom. The summed E-state index contributed by atoms with van der Waals surface area (Å²) >= 11 is 0. The van der Waals surface area contributed by atoms with E-state index in [1.54, 1.807) is 10.9 Å². The normalized spacial score (nSPS) is 10.5. The SMILES string of the molecule is C=Cn1cc(CNCc2cccc(CO)c2)cn1. The number of rotatable bonds is 6. The second-order valence-corrected chi connectivity index (χ2v) is 4.09. The quantitative estimate of drug-likeness (QED) is 0.813. The Labute approximate surface area is 107 Å². The van der Waals surface area contributed by atoms with Crippen LogP contribution in [0.25, 0.3) is 6.20 Å². The third-order valence-corrected chi connectivity index (χ3v) is 2.67. The number of benzene rings is 1. The van der Waals surface area contributed by atoms with Gasteiger partial charge in [-0.05, 0) is 11.1 Å². The topological polar surface area (TPSA) is 50.1 Å². The van der Waals surface area contributed by atoms with Crippen molar-refractivity contribution in [1.82, 2.24) is 15.1 Å². The number of aliphatic hydroxyl groups is 1. The Hall–Kier alpha value is -1.91. The summed E-state index contributed by atoms with van der Waals surface area (Å²) < 4.78 is 1.68. The van der Waals surface area contributed by atoms with Crippen LogP contribution in [0.2, 0.25) is 0 Å². The number of nitrogens with one attached hydrogen (secondary N) is 1. The Kier molecular flexibility index (Phi) is 4.28. The molecule has 0 spiro atoms. The Bertz CT molecular complexity index is 519. The van der Waals surface area contributed by atoms with Gasteiger partial charge in [-0.15, -0.1) is 0 Å². The highest BCUT2D eigenvalue weighted by Gasteiger charge is 1.98. The molecule has 0 atom stereocenters. The first kappa shape index (κ1) is 12.5. The first-order valence-electron chi connectivity index (χ1n) is 5.87. The van der Waals surface area contributed by atoms with Crippen LogP contribution in [0.4, 0.5) is 0 Å². The molecule has 2 rings (SSSR count). The van der Waals surface area contributed by atoms with Crippen molar-refractivity contribution in [2.24, 2.45) is 0 Å². The van der Waals surface area contributed by atoms with E-state index in [4.69, 9.17) is 5.11 Å². The van der Waals surface area contributed by atoms with Crippen LogP contribution >= 0.6 is 0 Å². The van der Waals surface area contributed by atoms with Crippen molar-refractivity contribution >= 4 is 6.20 Å². The smallest absolute Gasteiger partial charge is 0.0681 e. The van der Waals surface area contributed by atoms with Gasteiger partial charge in [0.15, 0.2) is 0 Å². The summed E-state index contributed by atoms with van der Waals surface area (Å²) in [4.78, 5) is 0. The van der Waals surface area contributed by atoms with Gasteiger partial charge in [0.25, 0.3) is 0 Å². The molecule has 1 heterocycles. The molecule has 1 aromatic heterocycles. The van der Waals surface area contributed by atoms with E-state index in [9.17, 15) is 0 Å². The molecule has 94 valence electrons. The minimum absolute atomic E-state index is 0.0833. The lowest BCUT2D eigenvalue weighted by Crippen LogP contribution is -2.12. The molecule has 0 unspecified atom stereocenters. The van der Waals surface area contributed by atoms with Crippen molar-refractivity contribution < 1.29 is 5.11 Å².